The van der Waals surface area contributed by atoms with Crippen LogP contribution in [0.25, 0.3) is 0 Å². The number of anilines is 5. The molecule has 0 saturated carbocycles. The number of nitrogens with two attached hydrogens (primary N) is 5. The van der Waals surface area contributed by atoms with E-state index in [1.54, 1.807) is 24.3 Å². The quantitative estimate of drug-likeness (QED) is 0.0347. The first kappa shape index (κ1) is 44.5. The zero-order valence-corrected chi connectivity index (χ0v) is 31.9. The molecule has 19 heteroatoms. The molecule has 5 aromatic rings. The van der Waals surface area contributed by atoms with E-state index in [9.17, 15) is 20.0 Å². The summed E-state index contributed by atoms with van der Waals surface area (Å²) in [5.74, 6) is -1.47. The van der Waals surface area contributed by atoms with Crippen LogP contribution < -0.4 is 28.7 Å². The maximum atomic E-state index is 10.4. The highest BCUT2D eigenvalue weighted by molar-refractivity contribution is 9.11. The van der Waals surface area contributed by atoms with Crippen molar-refractivity contribution in [1.82, 2.24) is 0 Å². The Morgan fingerprint density at radius 2 is 1.10 bits per heavy atom. The molecule has 0 unspecified atom stereocenters. The summed E-state index contributed by atoms with van der Waals surface area (Å²) in [6.45, 7) is 3.69. The molecule has 0 spiro atoms. The molecule has 5 rings (SSSR count). The molecule has 0 radical (unpaired) electrons. The molecule has 0 atom stereocenters. The standard InChI is InChI=1S/C8H11NO.C7H7NO3.C6H5Br2NO.C6H5Cl2NO.C6H6N2O3/c1-5-4-8(10)6(2)3-7(5)9;8-4-1-2-6(9)5(3-4)7(10)11;2*7-4-1-3(9)2-5(8)6(4)10;7-4-1-2-6(9)5(3-4)8(10)11/h3-4,10H,9H2,1-2H3;1-3,9H,8H2,(H,10,11);2*1-2,10H,9H2;1-3,9H,7H2. The number of nitrogen functional groups attached to an aromatic ring is 5. The minimum absolute atomic E-state index is 0.127. The van der Waals surface area contributed by atoms with E-state index in [0.717, 1.165) is 22.9 Å². The summed E-state index contributed by atoms with van der Waals surface area (Å²) in [5, 5.41) is 64.2. The van der Waals surface area contributed by atoms with Crippen LogP contribution in [0.4, 0.5) is 34.1 Å². The fraction of sp³-hybridized carbons (Fsp3) is 0.0606. The van der Waals surface area contributed by atoms with Crippen molar-refractivity contribution in [2.24, 2.45) is 0 Å². The molecule has 0 fully saturated rings. The maximum absolute atomic E-state index is 10.4. The molecule has 15 nitrogen and oxygen atoms in total. The third-order valence-electron chi connectivity index (χ3n) is 6.11. The maximum Gasteiger partial charge on any atom is 0.339 e. The number of nitro groups is 1. The van der Waals surface area contributed by atoms with Gasteiger partial charge < -0.3 is 59.3 Å². The van der Waals surface area contributed by atoms with Gasteiger partial charge in [0.15, 0.2) is 11.5 Å². The van der Waals surface area contributed by atoms with E-state index in [4.69, 9.17) is 77.4 Å². The van der Waals surface area contributed by atoms with Gasteiger partial charge in [-0.05, 0) is 124 Å². The van der Waals surface area contributed by atoms with E-state index in [-0.39, 0.29) is 50.0 Å². The number of nitro benzene ring substituents is 1. The molecule has 0 aliphatic rings. The highest BCUT2D eigenvalue weighted by atomic mass is 79.9. The smallest absolute Gasteiger partial charge is 0.339 e. The van der Waals surface area contributed by atoms with Gasteiger partial charge in [-0.2, -0.15) is 0 Å². The van der Waals surface area contributed by atoms with E-state index in [0.29, 0.717) is 31.8 Å². The van der Waals surface area contributed by atoms with Crippen molar-refractivity contribution in [3.63, 3.8) is 0 Å². The van der Waals surface area contributed by atoms with Crippen molar-refractivity contribution < 1.29 is 40.4 Å². The van der Waals surface area contributed by atoms with Gasteiger partial charge in [0, 0.05) is 34.5 Å². The summed E-state index contributed by atoms with van der Waals surface area (Å²) in [4.78, 5) is 19.8. The van der Waals surface area contributed by atoms with Crippen molar-refractivity contribution in [1.29, 1.82) is 0 Å². The largest absolute Gasteiger partial charge is 0.508 e. The Bertz CT molecular complexity index is 1840. The number of nitrogens with zero attached hydrogens (tertiary/aromatic N) is 1. The van der Waals surface area contributed by atoms with E-state index < -0.39 is 10.9 Å². The van der Waals surface area contributed by atoms with E-state index in [1.807, 2.05) is 13.8 Å². The number of hydrogen-bond acceptors (Lipinski definition) is 13. The third kappa shape index (κ3) is 14.4. The van der Waals surface area contributed by atoms with E-state index >= 15 is 0 Å². The number of benzene rings is 5. The Morgan fingerprint density at radius 1 is 0.635 bits per heavy atom. The molecule has 0 saturated heterocycles. The van der Waals surface area contributed by atoms with E-state index in [1.165, 1.54) is 42.5 Å². The minimum atomic E-state index is -1.19. The molecule has 0 amide bonds. The molecule has 5 aromatic carbocycles. The molecular weight excluding hydrogens is 855 g/mol. The number of aromatic carboxylic acids is 1. The predicted octanol–water partition coefficient (Wildman–Crippen LogP) is 7.93. The average Bonchev–Trinajstić information content (AvgIpc) is 3.05. The molecule has 278 valence electrons. The summed E-state index contributed by atoms with van der Waals surface area (Å²) in [6, 6.07) is 17.2. The number of carboxylic acids is 1. The van der Waals surface area contributed by atoms with Gasteiger partial charge in [0.2, 0.25) is 0 Å². The van der Waals surface area contributed by atoms with Crippen molar-refractivity contribution in [2.75, 3.05) is 28.7 Å². The van der Waals surface area contributed by atoms with Crippen LogP contribution in [0.15, 0.2) is 81.7 Å². The monoisotopic (exact) mass is 886 g/mol. The van der Waals surface area contributed by atoms with Crippen LogP contribution in [0.5, 0.6) is 28.7 Å². The Balaban J connectivity index is 0.000000325. The normalized spacial score (nSPS) is 9.65. The van der Waals surface area contributed by atoms with Crippen LogP contribution in [0.3, 0.4) is 0 Å². The topological polar surface area (TPSA) is 312 Å². The molecule has 0 aliphatic heterocycles. The molecule has 0 heterocycles. The van der Waals surface area contributed by atoms with Gasteiger partial charge in [0.05, 0.1) is 23.9 Å². The van der Waals surface area contributed by atoms with Gasteiger partial charge in [0.25, 0.3) is 0 Å². The lowest BCUT2D eigenvalue weighted by molar-refractivity contribution is -0.385. The number of aryl methyl sites for hydroxylation is 2. The number of aromatic hydroxyl groups is 5. The van der Waals surface area contributed by atoms with Crippen molar-refractivity contribution in [3.05, 3.63) is 119 Å². The zero-order valence-electron chi connectivity index (χ0n) is 27.2. The number of phenolic OH excluding ortho intramolecular Hbond substituents is 4. The lowest BCUT2D eigenvalue weighted by Gasteiger charge is -2.02. The first-order valence-electron chi connectivity index (χ1n) is 14.0. The fourth-order valence-electron chi connectivity index (χ4n) is 3.41. The molecule has 52 heavy (non-hydrogen) atoms. The second-order valence-electron chi connectivity index (χ2n) is 10.2. The second kappa shape index (κ2) is 20.4. The molecule has 0 aliphatic carbocycles. The number of rotatable bonds is 2. The minimum Gasteiger partial charge on any atom is -0.508 e. The number of halogens is 4. The Labute approximate surface area is 323 Å². The Kier molecular flexibility index (Phi) is 17.5. The SMILES string of the molecule is Cc1cc(O)c(C)cc1N.Nc1cc(Br)c(O)c(Br)c1.Nc1cc(Cl)c(O)c(Cl)c1.Nc1ccc(O)c(C(=O)O)c1.Nc1ccc(O)c([N+](=O)[O-])c1. The zero-order chi connectivity index (χ0) is 40.0. The van der Waals surface area contributed by atoms with Gasteiger partial charge in [-0.3, -0.25) is 10.1 Å². The summed E-state index contributed by atoms with van der Waals surface area (Å²) in [7, 11) is 0. The van der Waals surface area contributed by atoms with Crippen molar-refractivity contribution >= 4 is 95.2 Å². The first-order chi connectivity index (χ1) is 24.0. The van der Waals surface area contributed by atoms with Crippen molar-refractivity contribution in [3.8, 4) is 28.7 Å². The summed E-state index contributed by atoms with van der Waals surface area (Å²) in [6.07, 6.45) is 0. The Hall–Kier alpha value is -5.49. The fourth-order valence-corrected chi connectivity index (χ4v) is 5.13. The second-order valence-corrected chi connectivity index (χ2v) is 12.8. The lowest BCUT2D eigenvalue weighted by Crippen LogP contribution is -1.97. The van der Waals surface area contributed by atoms with Gasteiger partial charge in [-0.15, -0.1) is 0 Å². The van der Waals surface area contributed by atoms with Crippen LogP contribution in [0.2, 0.25) is 10.0 Å². The predicted molar refractivity (Wildman–Crippen MR) is 211 cm³/mol. The summed E-state index contributed by atoms with van der Waals surface area (Å²) in [5.41, 5.74) is 30.5. The summed E-state index contributed by atoms with van der Waals surface area (Å²) < 4.78 is 1.19. The average molecular weight is 889 g/mol. The molecule has 0 aromatic heterocycles. The van der Waals surface area contributed by atoms with Crippen LogP contribution in [0, 0.1) is 24.0 Å². The molecular formula is C33H34Br2Cl2N6O9. The van der Waals surface area contributed by atoms with Crippen LogP contribution in [-0.2, 0) is 0 Å². The van der Waals surface area contributed by atoms with Gasteiger partial charge in [-0.1, -0.05) is 23.2 Å². The van der Waals surface area contributed by atoms with Crippen molar-refractivity contribution in [2.45, 2.75) is 13.8 Å². The highest BCUT2D eigenvalue weighted by Gasteiger charge is 2.12. The molecule has 0 bridgehead atoms. The number of hydrogen-bond donors (Lipinski definition) is 11. The van der Waals surface area contributed by atoms with E-state index in [2.05, 4.69) is 31.9 Å². The number of carbonyl (C=O) groups is 1. The van der Waals surface area contributed by atoms with Gasteiger partial charge in [0.1, 0.15) is 22.8 Å². The van der Waals surface area contributed by atoms with Crippen LogP contribution >= 0.6 is 55.1 Å². The lowest BCUT2D eigenvalue weighted by atomic mass is 10.1. The van der Waals surface area contributed by atoms with Crippen LogP contribution in [-0.4, -0.2) is 41.5 Å². The summed E-state index contributed by atoms with van der Waals surface area (Å²) >= 11 is 17.3. The van der Waals surface area contributed by atoms with Gasteiger partial charge >= 0.3 is 11.7 Å². The number of carboxylic acid groups (broad SMARTS) is 1. The van der Waals surface area contributed by atoms with Crippen LogP contribution in [0.1, 0.15) is 21.5 Å². The van der Waals surface area contributed by atoms with Gasteiger partial charge in [-0.25, -0.2) is 4.79 Å². The number of phenols is 5. The molecule has 16 N–H and O–H groups in total. The Morgan fingerprint density at radius 3 is 1.52 bits per heavy atom. The first-order valence-corrected chi connectivity index (χ1v) is 16.4. The third-order valence-corrected chi connectivity index (χ3v) is 7.90. The highest BCUT2D eigenvalue weighted by Crippen LogP contribution is 2.34.